The Morgan fingerprint density at radius 3 is 2.57 bits per heavy atom. The molecule has 0 saturated heterocycles. The Morgan fingerprint density at radius 2 is 2.00 bits per heavy atom. The summed E-state index contributed by atoms with van der Waals surface area (Å²) >= 11 is 1.27. The van der Waals surface area contributed by atoms with Crippen LogP contribution in [0.5, 0.6) is 0 Å². The lowest BCUT2D eigenvalue weighted by molar-refractivity contribution is 0.0737. The minimum Gasteiger partial charge on any atom is -0.377 e. The Morgan fingerprint density at radius 1 is 1.33 bits per heavy atom. The first kappa shape index (κ1) is 18.6. The van der Waals surface area contributed by atoms with Crippen LogP contribution in [0.15, 0.2) is 15.7 Å². The lowest BCUT2D eigenvalue weighted by atomic mass is 10.3. The van der Waals surface area contributed by atoms with E-state index in [0.29, 0.717) is 29.9 Å². The molecule has 122 valence electrons. The fourth-order valence-corrected chi connectivity index (χ4v) is 4.17. The second-order valence-corrected chi connectivity index (χ2v) is 8.74. The molecule has 0 fully saturated rings. The molecule has 1 heterocycles. The summed E-state index contributed by atoms with van der Waals surface area (Å²) in [6.45, 7) is 9.44. The molecule has 0 amide bonds. The van der Waals surface area contributed by atoms with Gasteiger partial charge in [-0.2, -0.15) is 4.31 Å². The molecule has 0 radical (unpaired) electrons. The summed E-state index contributed by atoms with van der Waals surface area (Å²) in [6, 6.07) is 2.12. The maximum Gasteiger partial charge on any atom is 0.252 e. The van der Waals surface area contributed by atoms with Crippen LogP contribution in [0.25, 0.3) is 0 Å². The van der Waals surface area contributed by atoms with Crippen LogP contribution in [-0.2, 0) is 21.3 Å². The van der Waals surface area contributed by atoms with Crippen molar-refractivity contribution in [2.24, 2.45) is 0 Å². The number of nitrogens with one attached hydrogen (secondary N) is 1. The molecule has 0 saturated carbocycles. The number of likely N-dealkylation sites (N-methyl/N-ethyl adjacent to an activating group) is 1. The summed E-state index contributed by atoms with van der Waals surface area (Å²) in [5.41, 5.74) is 0.999. The van der Waals surface area contributed by atoms with Crippen LogP contribution < -0.4 is 5.32 Å². The first-order valence-corrected chi connectivity index (χ1v) is 9.44. The van der Waals surface area contributed by atoms with Gasteiger partial charge in [0.2, 0.25) is 0 Å². The standard InChI is InChI=1S/C14H26N2O3S2/c1-11(2)15-9-13-8-14(20-10-13)21(17,18)16(5)6-7-19-12(3)4/h8,10-12,15H,6-7,9H2,1-5H3. The van der Waals surface area contributed by atoms with Gasteiger partial charge < -0.3 is 10.1 Å². The monoisotopic (exact) mass is 334 g/mol. The third kappa shape index (κ3) is 6.04. The van der Waals surface area contributed by atoms with E-state index in [2.05, 4.69) is 19.2 Å². The highest BCUT2D eigenvalue weighted by Gasteiger charge is 2.22. The van der Waals surface area contributed by atoms with Crippen molar-refractivity contribution in [2.45, 2.75) is 50.6 Å². The molecule has 0 aliphatic carbocycles. The molecule has 0 unspecified atom stereocenters. The Hall–Kier alpha value is -0.470. The fraction of sp³-hybridized carbons (Fsp3) is 0.714. The number of sulfonamides is 1. The van der Waals surface area contributed by atoms with E-state index >= 15 is 0 Å². The van der Waals surface area contributed by atoms with Crippen molar-refractivity contribution in [1.82, 2.24) is 9.62 Å². The predicted octanol–water partition coefficient (Wildman–Crippen LogP) is 2.29. The maximum atomic E-state index is 12.4. The molecule has 1 aromatic heterocycles. The molecule has 1 N–H and O–H groups in total. The molecule has 0 aromatic carbocycles. The normalized spacial score (nSPS) is 12.8. The highest BCUT2D eigenvalue weighted by Crippen LogP contribution is 2.23. The van der Waals surface area contributed by atoms with E-state index in [0.717, 1.165) is 5.56 Å². The van der Waals surface area contributed by atoms with Gasteiger partial charge in [0, 0.05) is 26.2 Å². The van der Waals surface area contributed by atoms with Crippen molar-refractivity contribution in [1.29, 1.82) is 0 Å². The number of thiophene rings is 1. The lowest BCUT2D eigenvalue weighted by Gasteiger charge is -2.16. The van der Waals surface area contributed by atoms with E-state index < -0.39 is 10.0 Å². The average molecular weight is 335 g/mol. The van der Waals surface area contributed by atoms with Crippen LogP contribution in [-0.4, -0.2) is 45.1 Å². The van der Waals surface area contributed by atoms with Gasteiger partial charge in [-0.15, -0.1) is 11.3 Å². The molecule has 0 aliphatic heterocycles. The second-order valence-electron chi connectivity index (χ2n) is 5.56. The first-order chi connectivity index (χ1) is 9.73. The van der Waals surface area contributed by atoms with E-state index in [1.165, 1.54) is 15.6 Å². The molecule has 1 aromatic rings. The van der Waals surface area contributed by atoms with Crippen LogP contribution in [0.4, 0.5) is 0 Å². The van der Waals surface area contributed by atoms with Gasteiger partial charge in [0.05, 0.1) is 12.7 Å². The number of rotatable bonds is 9. The van der Waals surface area contributed by atoms with E-state index in [1.807, 2.05) is 19.2 Å². The third-order valence-electron chi connectivity index (χ3n) is 2.87. The lowest BCUT2D eigenvalue weighted by Crippen LogP contribution is -2.30. The predicted molar refractivity (Wildman–Crippen MR) is 87.2 cm³/mol. The van der Waals surface area contributed by atoms with Crippen molar-refractivity contribution in [3.63, 3.8) is 0 Å². The quantitative estimate of drug-likeness (QED) is 0.753. The largest absolute Gasteiger partial charge is 0.377 e. The molecule has 0 spiro atoms. The Labute approximate surface area is 132 Å². The minimum absolute atomic E-state index is 0.108. The van der Waals surface area contributed by atoms with Crippen LogP contribution in [0.3, 0.4) is 0 Å². The number of nitrogens with zero attached hydrogens (tertiary/aromatic N) is 1. The minimum atomic E-state index is -3.41. The zero-order chi connectivity index (χ0) is 16.0. The van der Waals surface area contributed by atoms with Gasteiger partial charge in [-0.1, -0.05) is 13.8 Å². The van der Waals surface area contributed by atoms with Crippen LogP contribution in [0, 0.1) is 0 Å². The Balaban J connectivity index is 2.65. The highest BCUT2D eigenvalue weighted by molar-refractivity contribution is 7.91. The zero-order valence-electron chi connectivity index (χ0n) is 13.4. The number of hydrogen-bond donors (Lipinski definition) is 1. The van der Waals surface area contributed by atoms with Crippen LogP contribution in [0.1, 0.15) is 33.3 Å². The van der Waals surface area contributed by atoms with E-state index in [1.54, 1.807) is 13.1 Å². The second kappa shape index (κ2) is 8.24. The number of ether oxygens (including phenoxy) is 1. The average Bonchev–Trinajstić information content (AvgIpc) is 2.85. The number of hydrogen-bond acceptors (Lipinski definition) is 5. The van der Waals surface area contributed by atoms with Gasteiger partial charge in [-0.25, -0.2) is 8.42 Å². The SMILES string of the molecule is CC(C)NCc1csc(S(=O)(=O)N(C)CCOC(C)C)c1. The van der Waals surface area contributed by atoms with Gasteiger partial charge in [0.1, 0.15) is 4.21 Å². The summed E-state index contributed by atoms with van der Waals surface area (Å²) in [7, 11) is -1.82. The van der Waals surface area contributed by atoms with E-state index in [-0.39, 0.29) is 6.10 Å². The molecule has 21 heavy (non-hydrogen) atoms. The molecule has 1 rings (SSSR count). The van der Waals surface area contributed by atoms with Crippen molar-refractivity contribution in [3.05, 3.63) is 17.0 Å². The van der Waals surface area contributed by atoms with Crippen molar-refractivity contribution in [3.8, 4) is 0 Å². The molecule has 0 atom stereocenters. The topological polar surface area (TPSA) is 58.6 Å². The molecular formula is C14H26N2O3S2. The van der Waals surface area contributed by atoms with E-state index in [4.69, 9.17) is 4.74 Å². The smallest absolute Gasteiger partial charge is 0.252 e. The molecule has 7 heteroatoms. The maximum absolute atomic E-state index is 12.4. The first-order valence-electron chi connectivity index (χ1n) is 7.12. The summed E-state index contributed by atoms with van der Waals surface area (Å²) in [5.74, 6) is 0. The van der Waals surface area contributed by atoms with E-state index in [9.17, 15) is 8.42 Å². The molecule has 0 aliphatic rings. The van der Waals surface area contributed by atoms with Gasteiger partial charge in [-0.05, 0) is 30.9 Å². The van der Waals surface area contributed by atoms with Crippen molar-refractivity contribution >= 4 is 21.4 Å². The van der Waals surface area contributed by atoms with Crippen LogP contribution >= 0.6 is 11.3 Å². The van der Waals surface area contributed by atoms with Crippen molar-refractivity contribution in [2.75, 3.05) is 20.2 Å². The van der Waals surface area contributed by atoms with Gasteiger partial charge in [0.15, 0.2) is 0 Å². The van der Waals surface area contributed by atoms with Crippen molar-refractivity contribution < 1.29 is 13.2 Å². The third-order valence-corrected chi connectivity index (χ3v) is 6.19. The molecule has 0 bridgehead atoms. The fourth-order valence-electron chi connectivity index (χ4n) is 1.59. The Kier molecular flexibility index (Phi) is 7.29. The Bertz CT molecular complexity index is 524. The summed E-state index contributed by atoms with van der Waals surface area (Å²) in [6.07, 6.45) is 0.108. The summed E-state index contributed by atoms with van der Waals surface area (Å²) < 4.78 is 32.0. The van der Waals surface area contributed by atoms with Gasteiger partial charge in [0.25, 0.3) is 10.0 Å². The summed E-state index contributed by atoms with van der Waals surface area (Å²) in [4.78, 5) is 0. The van der Waals surface area contributed by atoms with Gasteiger partial charge >= 0.3 is 0 Å². The van der Waals surface area contributed by atoms with Gasteiger partial charge in [-0.3, -0.25) is 0 Å². The molecule has 5 nitrogen and oxygen atoms in total. The zero-order valence-corrected chi connectivity index (χ0v) is 15.1. The van der Waals surface area contributed by atoms with Crippen LogP contribution in [0.2, 0.25) is 0 Å². The summed E-state index contributed by atoms with van der Waals surface area (Å²) in [5, 5.41) is 5.17. The molecular weight excluding hydrogens is 308 g/mol. The highest BCUT2D eigenvalue weighted by atomic mass is 32.2.